The van der Waals surface area contributed by atoms with Crippen LogP contribution in [-0.4, -0.2) is 92.0 Å². The van der Waals surface area contributed by atoms with Crippen LogP contribution in [0.1, 0.15) is 23.5 Å². The molecule has 1 heterocycles. The van der Waals surface area contributed by atoms with E-state index in [0.29, 0.717) is 13.1 Å². The van der Waals surface area contributed by atoms with E-state index in [1.807, 2.05) is 24.3 Å². The summed E-state index contributed by atoms with van der Waals surface area (Å²) in [5, 5.41) is 12.1. The molecular formula is C26H31N3O6. The van der Waals surface area contributed by atoms with E-state index in [-0.39, 0.29) is 37.9 Å². The number of benzene rings is 2. The Labute approximate surface area is 204 Å². The van der Waals surface area contributed by atoms with Crippen molar-refractivity contribution in [1.29, 1.82) is 0 Å². The molecular weight excluding hydrogens is 450 g/mol. The third-order valence-corrected chi connectivity index (χ3v) is 6.82. The Bertz CT molecular complexity index is 1040. The van der Waals surface area contributed by atoms with Crippen LogP contribution in [0.4, 0.5) is 4.79 Å². The minimum Gasteiger partial charge on any atom is -0.480 e. The highest BCUT2D eigenvalue weighted by Gasteiger charge is 2.34. The Kier molecular flexibility index (Phi) is 7.67. The minimum atomic E-state index is -0.962. The summed E-state index contributed by atoms with van der Waals surface area (Å²) in [5.41, 5.74) is 4.59. The number of carboxylic acid groups (broad SMARTS) is 1. The molecule has 1 aliphatic heterocycles. The molecule has 0 radical (unpaired) electrons. The average molecular weight is 482 g/mol. The highest BCUT2D eigenvalue weighted by molar-refractivity contribution is 5.83. The number of fused-ring (bicyclic) bond motifs is 3. The SMILES string of the molecule is COC(CCNC(=O)OCC1c2ccccc2-c2ccccc21)C(=O)N1CCN(C)C(C(=O)O)C1. The van der Waals surface area contributed by atoms with Crippen LogP contribution in [0.5, 0.6) is 0 Å². The van der Waals surface area contributed by atoms with Gasteiger partial charge >= 0.3 is 12.1 Å². The van der Waals surface area contributed by atoms with Crippen LogP contribution < -0.4 is 5.32 Å². The number of aliphatic carboxylic acids is 1. The first-order valence-electron chi connectivity index (χ1n) is 11.7. The number of hydrogen-bond donors (Lipinski definition) is 2. The molecule has 2 unspecified atom stereocenters. The molecule has 0 bridgehead atoms. The van der Waals surface area contributed by atoms with Crippen molar-refractivity contribution in [2.24, 2.45) is 0 Å². The maximum absolute atomic E-state index is 12.9. The summed E-state index contributed by atoms with van der Waals surface area (Å²) in [4.78, 5) is 39.9. The molecule has 9 heteroatoms. The van der Waals surface area contributed by atoms with Crippen molar-refractivity contribution in [3.05, 3.63) is 59.7 Å². The maximum Gasteiger partial charge on any atom is 0.407 e. The summed E-state index contributed by atoms with van der Waals surface area (Å²) in [7, 11) is 3.16. The van der Waals surface area contributed by atoms with Crippen molar-refractivity contribution in [3.8, 4) is 11.1 Å². The topological polar surface area (TPSA) is 108 Å². The van der Waals surface area contributed by atoms with Crippen LogP contribution in [0.3, 0.4) is 0 Å². The zero-order valence-corrected chi connectivity index (χ0v) is 20.0. The lowest BCUT2D eigenvalue weighted by Gasteiger charge is -2.38. The number of hydrogen-bond acceptors (Lipinski definition) is 6. The second-order valence-corrected chi connectivity index (χ2v) is 8.88. The molecule has 1 saturated heterocycles. The highest BCUT2D eigenvalue weighted by atomic mass is 16.5. The number of alkyl carbamates (subject to hydrolysis) is 1. The van der Waals surface area contributed by atoms with E-state index in [2.05, 4.69) is 29.6 Å². The predicted octanol–water partition coefficient (Wildman–Crippen LogP) is 2.16. The number of nitrogens with one attached hydrogen (secondary N) is 1. The Morgan fingerprint density at radius 1 is 1.06 bits per heavy atom. The molecule has 2 aromatic rings. The van der Waals surface area contributed by atoms with E-state index >= 15 is 0 Å². The fourth-order valence-electron chi connectivity index (χ4n) is 4.84. The van der Waals surface area contributed by atoms with E-state index < -0.39 is 24.2 Å². The number of carbonyl (C=O) groups is 3. The van der Waals surface area contributed by atoms with Gasteiger partial charge in [0.2, 0.25) is 0 Å². The van der Waals surface area contributed by atoms with Gasteiger partial charge in [0.15, 0.2) is 0 Å². The Balaban J connectivity index is 1.27. The monoisotopic (exact) mass is 481 g/mol. The van der Waals surface area contributed by atoms with Crippen LogP contribution >= 0.6 is 0 Å². The molecule has 0 aromatic heterocycles. The van der Waals surface area contributed by atoms with Crippen molar-refractivity contribution in [2.75, 3.05) is 46.9 Å². The Morgan fingerprint density at radius 3 is 2.29 bits per heavy atom. The van der Waals surface area contributed by atoms with Gasteiger partial charge in [0, 0.05) is 45.6 Å². The molecule has 2 N–H and O–H groups in total. The molecule has 1 fully saturated rings. The van der Waals surface area contributed by atoms with Gasteiger partial charge in [0.25, 0.3) is 5.91 Å². The lowest BCUT2D eigenvalue weighted by Crippen LogP contribution is -2.58. The van der Waals surface area contributed by atoms with Crippen molar-refractivity contribution >= 4 is 18.0 Å². The standard InChI is InChI=1S/C26H31N3O6/c1-28-13-14-29(15-22(28)25(31)32)24(30)23(34-2)11-12-27-26(33)35-16-21-19-9-5-3-7-17(19)18-8-4-6-10-20(18)21/h3-10,21-23H,11-16H2,1-2H3,(H,27,33)(H,31,32). The molecule has 35 heavy (non-hydrogen) atoms. The number of rotatable bonds is 8. The van der Waals surface area contributed by atoms with Gasteiger partial charge < -0.3 is 24.8 Å². The zero-order valence-electron chi connectivity index (χ0n) is 20.0. The Morgan fingerprint density at radius 2 is 1.69 bits per heavy atom. The van der Waals surface area contributed by atoms with Gasteiger partial charge in [-0.15, -0.1) is 0 Å². The van der Waals surface area contributed by atoms with Gasteiger partial charge in [-0.25, -0.2) is 4.79 Å². The summed E-state index contributed by atoms with van der Waals surface area (Å²) in [6.45, 7) is 1.40. The first-order valence-corrected chi connectivity index (χ1v) is 11.7. The first-order chi connectivity index (χ1) is 16.9. The third kappa shape index (κ3) is 5.31. The van der Waals surface area contributed by atoms with E-state index in [9.17, 15) is 19.5 Å². The van der Waals surface area contributed by atoms with Gasteiger partial charge in [-0.3, -0.25) is 14.5 Å². The number of methoxy groups -OCH3 is 1. The smallest absolute Gasteiger partial charge is 0.407 e. The number of nitrogens with zero attached hydrogens (tertiary/aromatic N) is 2. The number of carboxylic acids is 1. The molecule has 0 spiro atoms. The van der Waals surface area contributed by atoms with Crippen molar-refractivity contribution in [3.63, 3.8) is 0 Å². The van der Waals surface area contributed by atoms with E-state index in [0.717, 1.165) is 22.3 Å². The van der Waals surface area contributed by atoms with Gasteiger partial charge in [-0.2, -0.15) is 0 Å². The van der Waals surface area contributed by atoms with Crippen LogP contribution in [0.25, 0.3) is 11.1 Å². The molecule has 186 valence electrons. The van der Waals surface area contributed by atoms with E-state index in [1.54, 1.807) is 11.9 Å². The van der Waals surface area contributed by atoms with Crippen LogP contribution in [0.2, 0.25) is 0 Å². The van der Waals surface area contributed by atoms with Crippen LogP contribution in [0, 0.1) is 0 Å². The molecule has 2 aliphatic rings. The molecule has 0 saturated carbocycles. The summed E-state index contributed by atoms with van der Waals surface area (Å²) in [6, 6.07) is 15.5. The second kappa shape index (κ2) is 10.9. The molecule has 2 amide bonds. The zero-order chi connectivity index (χ0) is 24.9. The summed E-state index contributed by atoms with van der Waals surface area (Å²) >= 11 is 0. The molecule has 9 nitrogen and oxygen atoms in total. The highest BCUT2D eigenvalue weighted by Crippen LogP contribution is 2.44. The summed E-state index contributed by atoms with van der Waals surface area (Å²) in [6.07, 6.45) is -1.08. The van der Waals surface area contributed by atoms with E-state index in [1.165, 1.54) is 12.0 Å². The molecule has 2 aromatic carbocycles. The Hall–Kier alpha value is -3.43. The van der Waals surface area contributed by atoms with Gasteiger partial charge in [0.1, 0.15) is 18.8 Å². The summed E-state index contributed by atoms with van der Waals surface area (Å²) in [5.74, 6) is -1.27. The number of ether oxygens (including phenoxy) is 2. The quantitative estimate of drug-likeness (QED) is 0.595. The minimum absolute atomic E-state index is 0.0270. The molecule has 4 rings (SSSR count). The lowest BCUT2D eigenvalue weighted by atomic mass is 9.98. The fourth-order valence-corrected chi connectivity index (χ4v) is 4.84. The molecule has 2 atom stereocenters. The van der Waals surface area contributed by atoms with Crippen LogP contribution in [-0.2, 0) is 19.1 Å². The molecule has 1 aliphatic carbocycles. The predicted molar refractivity (Wildman–Crippen MR) is 129 cm³/mol. The fraction of sp³-hybridized carbons (Fsp3) is 0.423. The van der Waals surface area contributed by atoms with Crippen molar-refractivity contribution < 1.29 is 29.0 Å². The third-order valence-electron chi connectivity index (χ3n) is 6.82. The van der Waals surface area contributed by atoms with Gasteiger partial charge in [-0.05, 0) is 29.3 Å². The van der Waals surface area contributed by atoms with Crippen molar-refractivity contribution in [1.82, 2.24) is 15.1 Å². The maximum atomic E-state index is 12.9. The number of piperazine rings is 1. The first kappa shape index (κ1) is 24.7. The average Bonchev–Trinajstić information content (AvgIpc) is 3.19. The normalized spacial score (nSPS) is 18.5. The number of amides is 2. The van der Waals surface area contributed by atoms with E-state index in [4.69, 9.17) is 9.47 Å². The summed E-state index contributed by atoms with van der Waals surface area (Å²) < 4.78 is 10.9. The van der Waals surface area contributed by atoms with Crippen molar-refractivity contribution in [2.45, 2.75) is 24.5 Å². The largest absolute Gasteiger partial charge is 0.480 e. The number of carbonyl (C=O) groups excluding carboxylic acids is 2. The van der Waals surface area contributed by atoms with Gasteiger partial charge in [-0.1, -0.05) is 48.5 Å². The lowest BCUT2D eigenvalue weighted by molar-refractivity contribution is -0.151. The number of likely N-dealkylation sites (N-methyl/N-ethyl adjacent to an activating group) is 1. The van der Waals surface area contributed by atoms with Gasteiger partial charge in [0.05, 0.1) is 0 Å². The van der Waals surface area contributed by atoms with Crippen LogP contribution in [0.15, 0.2) is 48.5 Å². The second-order valence-electron chi connectivity index (χ2n) is 8.88.